The Morgan fingerprint density at radius 1 is 1.00 bits per heavy atom. The van der Waals surface area contributed by atoms with Crippen LogP contribution in [0.1, 0.15) is 36.9 Å². The number of pyridine rings is 1. The highest BCUT2D eigenvalue weighted by Gasteiger charge is 2.20. The molecule has 45 heavy (non-hydrogen) atoms. The molecule has 5 rings (SSSR count). The van der Waals surface area contributed by atoms with Gasteiger partial charge < -0.3 is 20.5 Å². The molecule has 1 atom stereocenters. The molecule has 3 N–H and O–H groups in total. The summed E-state index contributed by atoms with van der Waals surface area (Å²) in [5.74, 6) is -0.939. The predicted molar refractivity (Wildman–Crippen MR) is 169 cm³/mol. The lowest BCUT2D eigenvalue weighted by molar-refractivity contribution is -0.138. The third-order valence-corrected chi connectivity index (χ3v) is 7.70. The Kier molecular flexibility index (Phi) is 11.2. The fourth-order valence-electron chi connectivity index (χ4n) is 5.30. The molecule has 2 aromatic heterocycles. The first-order valence-electron chi connectivity index (χ1n) is 15.3. The second-order valence-corrected chi connectivity index (χ2v) is 11.1. The summed E-state index contributed by atoms with van der Waals surface area (Å²) in [6.07, 6.45) is 8.21. The van der Waals surface area contributed by atoms with E-state index in [1.807, 2.05) is 30.3 Å². The van der Waals surface area contributed by atoms with Gasteiger partial charge in [-0.2, -0.15) is 0 Å². The molecule has 3 heterocycles. The fraction of sp³-hybridized carbons (Fsp3) is 0.353. The van der Waals surface area contributed by atoms with Crippen LogP contribution in [0.4, 0.5) is 20.4 Å². The van der Waals surface area contributed by atoms with Crippen molar-refractivity contribution >= 4 is 17.6 Å². The maximum Gasteiger partial charge on any atom is 0.326 e. The number of hydrogen-bond donors (Lipinski definition) is 3. The zero-order chi connectivity index (χ0) is 31.4. The summed E-state index contributed by atoms with van der Waals surface area (Å²) in [7, 11) is 0. The van der Waals surface area contributed by atoms with Crippen LogP contribution in [0.5, 0.6) is 5.75 Å². The van der Waals surface area contributed by atoms with Gasteiger partial charge in [0.2, 0.25) is 0 Å². The highest BCUT2D eigenvalue weighted by Crippen LogP contribution is 2.21. The van der Waals surface area contributed by atoms with Crippen molar-refractivity contribution in [3.63, 3.8) is 0 Å². The Hall–Kier alpha value is -4.64. The number of aliphatic carboxylic acids is 1. The number of nitrogens with zero attached hydrogens (tertiary/aromatic N) is 4. The van der Waals surface area contributed by atoms with E-state index in [1.165, 1.54) is 11.8 Å². The van der Waals surface area contributed by atoms with Gasteiger partial charge in [0, 0.05) is 49.1 Å². The summed E-state index contributed by atoms with van der Waals surface area (Å²) in [5.41, 5.74) is 3.92. The van der Waals surface area contributed by atoms with E-state index in [-0.39, 0.29) is 12.4 Å². The summed E-state index contributed by atoms with van der Waals surface area (Å²) >= 11 is 0. The van der Waals surface area contributed by atoms with Crippen LogP contribution >= 0.6 is 0 Å². The molecule has 9 nitrogen and oxygen atoms in total. The number of nitrogens with one attached hydrogen (secondary N) is 2. The number of ether oxygens (including phenoxy) is 1. The Morgan fingerprint density at radius 2 is 1.82 bits per heavy atom. The average Bonchev–Trinajstić information content (AvgIpc) is 3.04. The summed E-state index contributed by atoms with van der Waals surface area (Å²) in [5, 5.41) is 16.3. The van der Waals surface area contributed by atoms with E-state index in [0.29, 0.717) is 37.6 Å². The van der Waals surface area contributed by atoms with Crippen molar-refractivity contribution in [2.75, 3.05) is 43.4 Å². The van der Waals surface area contributed by atoms with Crippen molar-refractivity contribution in [1.29, 1.82) is 0 Å². The Bertz CT molecular complexity index is 1520. The number of anilines is 2. The molecule has 0 amide bonds. The Labute approximate surface area is 261 Å². The number of aromatic nitrogens is 3. The molecule has 0 bridgehead atoms. The second kappa shape index (κ2) is 15.9. The van der Waals surface area contributed by atoms with Gasteiger partial charge in [-0.05, 0) is 56.7 Å². The highest BCUT2D eigenvalue weighted by molar-refractivity contribution is 5.76. The normalized spacial score (nSPS) is 13.1. The second-order valence-electron chi connectivity index (χ2n) is 11.1. The van der Waals surface area contributed by atoms with Crippen molar-refractivity contribution in [3.05, 3.63) is 95.9 Å². The van der Waals surface area contributed by atoms with Crippen LogP contribution in [-0.2, 0) is 17.6 Å². The van der Waals surface area contributed by atoms with Crippen molar-refractivity contribution in [2.24, 2.45) is 0 Å². The minimum atomic E-state index is -0.998. The van der Waals surface area contributed by atoms with E-state index in [1.54, 1.807) is 6.20 Å². The van der Waals surface area contributed by atoms with E-state index >= 15 is 0 Å². The number of rotatable bonds is 16. The predicted octanol–water partition coefficient (Wildman–Crippen LogP) is 5.83. The Morgan fingerprint density at radius 3 is 2.58 bits per heavy atom. The molecule has 1 unspecified atom stereocenters. The van der Waals surface area contributed by atoms with Gasteiger partial charge in [-0.25, -0.2) is 23.5 Å². The van der Waals surface area contributed by atoms with Crippen LogP contribution in [0, 0.1) is 11.6 Å². The summed E-state index contributed by atoms with van der Waals surface area (Å²) in [4.78, 5) is 27.8. The monoisotopic (exact) mass is 616 g/mol. The number of unbranched alkanes of at least 4 members (excludes halogenated alkanes) is 1. The first-order valence-corrected chi connectivity index (χ1v) is 15.3. The summed E-state index contributed by atoms with van der Waals surface area (Å²) < 4.78 is 32.9. The van der Waals surface area contributed by atoms with Crippen LogP contribution in [0.15, 0.2) is 73.1 Å². The van der Waals surface area contributed by atoms with Crippen molar-refractivity contribution in [3.8, 4) is 17.0 Å². The average molecular weight is 617 g/mol. The lowest BCUT2D eigenvalue weighted by atomic mass is 10.1. The number of aryl methyl sites for hydroxylation is 2. The lowest BCUT2D eigenvalue weighted by Crippen LogP contribution is -2.37. The number of fused-ring (bicyclic) bond motifs is 1. The molecule has 0 saturated heterocycles. The lowest BCUT2D eigenvalue weighted by Gasteiger charge is -2.24. The third kappa shape index (κ3) is 9.67. The van der Waals surface area contributed by atoms with Gasteiger partial charge in [-0.1, -0.05) is 36.4 Å². The van der Waals surface area contributed by atoms with Crippen LogP contribution < -0.4 is 15.4 Å². The van der Waals surface area contributed by atoms with Gasteiger partial charge >= 0.3 is 5.97 Å². The van der Waals surface area contributed by atoms with Gasteiger partial charge in [0.15, 0.2) is 0 Å². The zero-order valence-corrected chi connectivity index (χ0v) is 25.1. The van der Waals surface area contributed by atoms with Crippen LogP contribution in [0.25, 0.3) is 11.3 Å². The van der Waals surface area contributed by atoms with Gasteiger partial charge in [-0.3, -0.25) is 9.88 Å². The topological polar surface area (TPSA) is 112 Å². The standard InChI is InChI=1S/C34H38F2N6O3/c35-26-19-27(36)21-29(20-26)45-18-17-42(15-5-4-10-28-12-11-25-9-6-14-37-33(25)40-28)16-13-30(34(43)44)41-32-23-38-31(22-39-32)24-7-2-1-3-8-24/h1-3,7-8,11-12,19-23,30H,4-6,9-10,13-18H2,(H,37,40)(H,39,41)(H,43,44). The minimum Gasteiger partial charge on any atom is -0.492 e. The van der Waals surface area contributed by atoms with Crippen LogP contribution in [-0.4, -0.2) is 69.8 Å². The number of benzene rings is 2. The highest BCUT2D eigenvalue weighted by atomic mass is 19.1. The SMILES string of the molecule is O=C(O)C(CCN(CCCCc1ccc2c(n1)NCCC2)CCOc1cc(F)cc(F)c1)Nc1cnc(-c2ccccc2)cn1. The van der Waals surface area contributed by atoms with E-state index in [0.717, 1.165) is 73.9 Å². The number of carboxylic acids is 1. The fourth-order valence-corrected chi connectivity index (χ4v) is 5.30. The Balaban J connectivity index is 1.16. The number of carbonyl (C=O) groups is 1. The van der Waals surface area contributed by atoms with Crippen molar-refractivity contribution < 1.29 is 23.4 Å². The molecule has 4 aromatic rings. The smallest absolute Gasteiger partial charge is 0.326 e. The molecule has 0 saturated carbocycles. The first kappa shape index (κ1) is 31.8. The van der Waals surface area contributed by atoms with E-state index in [9.17, 15) is 18.7 Å². The molecular weight excluding hydrogens is 578 g/mol. The zero-order valence-electron chi connectivity index (χ0n) is 25.1. The van der Waals surface area contributed by atoms with E-state index in [2.05, 4.69) is 37.6 Å². The van der Waals surface area contributed by atoms with E-state index < -0.39 is 23.6 Å². The molecule has 0 fully saturated rings. The van der Waals surface area contributed by atoms with Gasteiger partial charge in [0.1, 0.15) is 41.7 Å². The summed E-state index contributed by atoms with van der Waals surface area (Å²) in [6, 6.07) is 16.0. The summed E-state index contributed by atoms with van der Waals surface area (Å²) in [6.45, 7) is 2.75. The minimum absolute atomic E-state index is 0.113. The third-order valence-electron chi connectivity index (χ3n) is 7.70. The molecule has 0 radical (unpaired) electrons. The number of halogens is 2. The van der Waals surface area contributed by atoms with Crippen molar-refractivity contribution in [1.82, 2.24) is 19.9 Å². The van der Waals surface area contributed by atoms with Crippen LogP contribution in [0.3, 0.4) is 0 Å². The molecule has 1 aliphatic heterocycles. The maximum atomic E-state index is 13.6. The molecule has 11 heteroatoms. The quantitative estimate of drug-likeness (QED) is 0.134. The van der Waals surface area contributed by atoms with Gasteiger partial charge in [0.05, 0.1) is 18.1 Å². The number of hydrogen-bond acceptors (Lipinski definition) is 8. The maximum absolute atomic E-state index is 13.6. The molecular formula is C34H38F2N6O3. The molecule has 0 spiro atoms. The molecule has 2 aromatic carbocycles. The van der Waals surface area contributed by atoms with Crippen molar-refractivity contribution in [2.45, 2.75) is 44.6 Å². The first-order chi connectivity index (χ1) is 21.9. The molecule has 0 aliphatic carbocycles. The van der Waals surface area contributed by atoms with Gasteiger partial charge in [-0.15, -0.1) is 0 Å². The molecule has 236 valence electrons. The van der Waals surface area contributed by atoms with Crippen LogP contribution in [0.2, 0.25) is 0 Å². The van der Waals surface area contributed by atoms with E-state index in [4.69, 9.17) is 9.72 Å². The number of carboxylic acid groups (broad SMARTS) is 1. The van der Waals surface area contributed by atoms with Gasteiger partial charge in [0.25, 0.3) is 0 Å². The largest absolute Gasteiger partial charge is 0.492 e. The molecule has 1 aliphatic rings.